The number of aromatic nitrogens is 5. The van der Waals surface area contributed by atoms with Crippen LogP contribution in [0, 0.1) is 18.3 Å². The molecule has 28 heavy (non-hydrogen) atoms. The molecule has 8 heteroatoms. The molecule has 4 aromatic rings. The molecule has 0 aliphatic carbocycles. The molecular formula is C20H16N6OS. The quantitative estimate of drug-likeness (QED) is 0.527. The van der Waals surface area contributed by atoms with Gasteiger partial charge in [0, 0.05) is 5.56 Å². The summed E-state index contributed by atoms with van der Waals surface area (Å²) in [6.07, 6.45) is 0. The molecule has 0 fully saturated rings. The standard InChI is InChI=1S/C20H16N6OS/c1-13-6-8-14(9-7-13)18-23-20(25-24-18)28-12-17-22-16-5-3-2-4-15(16)19(27)26(17)11-10-21/h2-9H,11-12H2,1H3,(H,23,24,25). The Morgan fingerprint density at radius 1 is 1.14 bits per heavy atom. The largest absolute Gasteiger partial charge is 0.281 e. The normalized spacial score (nSPS) is 10.9. The van der Waals surface area contributed by atoms with Gasteiger partial charge in [0.1, 0.15) is 12.4 Å². The number of rotatable bonds is 5. The highest BCUT2D eigenvalue weighted by Crippen LogP contribution is 2.22. The predicted octanol–water partition coefficient (Wildman–Crippen LogP) is 3.31. The number of para-hydroxylation sites is 1. The number of nitrogens with one attached hydrogen (secondary N) is 1. The SMILES string of the molecule is Cc1ccc(-c2nc(SCc3nc4ccccc4c(=O)n3CC#N)n[nH]2)cc1. The lowest BCUT2D eigenvalue weighted by molar-refractivity contribution is 0.730. The van der Waals surface area contributed by atoms with Crippen molar-refractivity contribution < 1.29 is 0 Å². The molecule has 0 radical (unpaired) electrons. The second-order valence-electron chi connectivity index (χ2n) is 6.22. The monoisotopic (exact) mass is 388 g/mol. The fraction of sp³-hybridized carbons (Fsp3) is 0.150. The molecule has 2 aromatic heterocycles. The van der Waals surface area contributed by atoms with Gasteiger partial charge in [-0.2, -0.15) is 5.26 Å². The maximum atomic E-state index is 12.7. The van der Waals surface area contributed by atoms with Gasteiger partial charge in [-0.05, 0) is 19.1 Å². The Morgan fingerprint density at radius 2 is 1.93 bits per heavy atom. The van der Waals surface area contributed by atoms with Gasteiger partial charge in [0.15, 0.2) is 5.82 Å². The summed E-state index contributed by atoms with van der Waals surface area (Å²) in [4.78, 5) is 21.8. The molecule has 4 rings (SSSR count). The highest BCUT2D eigenvalue weighted by molar-refractivity contribution is 7.98. The first-order chi connectivity index (χ1) is 13.7. The van der Waals surface area contributed by atoms with Gasteiger partial charge in [-0.3, -0.25) is 14.5 Å². The van der Waals surface area contributed by atoms with Gasteiger partial charge in [0.25, 0.3) is 5.56 Å². The molecule has 0 amide bonds. The summed E-state index contributed by atoms with van der Waals surface area (Å²) in [6, 6.07) is 17.2. The molecule has 2 aromatic carbocycles. The summed E-state index contributed by atoms with van der Waals surface area (Å²) in [5.41, 5.74) is 2.54. The van der Waals surface area contributed by atoms with Crippen LogP contribution in [0.1, 0.15) is 11.4 Å². The smallest absolute Gasteiger partial charge is 0.262 e. The average molecular weight is 388 g/mol. The van der Waals surface area contributed by atoms with Crippen LogP contribution in [0.5, 0.6) is 0 Å². The molecule has 0 spiro atoms. The first-order valence-electron chi connectivity index (χ1n) is 8.63. The number of nitriles is 1. The molecule has 0 aliphatic heterocycles. The van der Waals surface area contributed by atoms with Crippen LogP contribution in [0.3, 0.4) is 0 Å². The predicted molar refractivity (Wildman–Crippen MR) is 108 cm³/mol. The van der Waals surface area contributed by atoms with E-state index in [4.69, 9.17) is 5.26 Å². The number of H-pyrrole nitrogens is 1. The first-order valence-corrected chi connectivity index (χ1v) is 9.62. The second-order valence-corrected chi connectivity index (χ2v) is 7.16. The van der Waals surface area contributed by atoms with E-state index in [-0.39, 0.29) is 12.1 Å². The lowest BCUT2D eigenvalue weighted by atomic mass is 10.1. The summed E-state index contributed by atoms with van der Waals surface area (Å²) >= 11 is 1.36. The van der Waals surface area contributed by atoms with E-state index < -0.39 is 0 Å². The molecule has 0 saturated heterocycles. The molecule has 138 valence electrons. The van der Waals surface area contributed by atoms with E-state index in [1.54, 1.807) is 18.2 Å². The Balaban J connectivity index is 1.61. The summed E-state index contributed by atoms with van der Waals surface area (Å²) in [6.45, 7) is 1.98. The fourth-order valence-corrected chi connectivity index (χ4v) is 3.58. The van der Waals surface area contributed by atoms with Crippen LogP contribution in [-0.2, 0) is 12.3 Å². The molecular weight excluding hydrogens is 372 g/mol. The number of thioether (sulfide) groups is 1. The van der Waals surface area contributed by atoms with Crippen molar-refractivity contribution in [1.29, 1.82) is 5.26 Å². The Labute approximate surface area is 165 Å². The summed E-state index contributed by atoms with van der Waals surface area (Å²) in [7, 11) is 0. The molecule has 0 saturated carbocycles. The molecule has 1 N–H and O–H groups in total. The average Bonchev–Trinajstić information content (AvgIpc) is 3.18. The van der Waals surface area contributed by atoms with E-state index in [2.05, 4.69) is 20.2 Å². The van der Waals surface area contributed by atoms with E-state index in [0.29, 0.717) is 33.5 Å². The maximum absolute atomic E-state index is 12.7. The van der Waals surface area contributed by atoms with E-state index in [1.165, 1.54) is 21.9 Å². The van der Waals surface area contributed by atoms with Crippen LogP contribution in [-0.4, -0.2) is 24.7 Å². The van der Waals surface area contributed by atoms with Gasteiger partial charge in [0.2, 0.25) is 5.16 Å². The van der Waals surface area contributed by atoms with E-state index >= 15 is 0 Å². The summed E-state index contributed by atoms with van der Waals surface area (Å²) < 4.78 is 1.41. The number of aryl methyl sites for hydroxylation is 1. The Kier molecular flexibility index (Phi) is 4.91. The van der Waals surface area contributed by atoms with Crippen molar-refractivity contribution in [1.82, 2.24) is 24.7 Å². The molecule has 0 unspecified atom stereocenters. The van der Waals surface area contributed by atoms with Crippen molar-refractivity contribution in [2.24, 2.45) is 0 Å². The fourth-order valence-electron chi connectivity index (χ4n) is 2.84. The van der Waals surface area contributed by atoms with E-state index in [1.807, 2.05) is 43.3 Å². The second kappa shape index (κ2) is 7.66. The third-order valence-corrected chi connectivity index (χ3v) is 5.13. The van der Waals surface area contributed by atoms with Crippen molar-refractivity contribution in [3.63, 3.8) is 0 Å². The molecule has 0 bridgehead atoms. The van der Waals surface area contributed by atoms with Crippen LogP contribution in [0.4, 0.5) is 0 Å². The van der Waals surface area contributed by atoms with Gasteiger partial charge in [-0.15, -0.1) is 5.10 Å². The third kappa shape index (κ3) is 3.52. The van der Waals surface area contributed by atoms with Crippen molar-refractivity contribution in [3.8, 4) is 17.5 Å². The first kappa shape index (κ1) is 17.9. The van der Waals surface area contributed by atoms with Crippen molar-refractivity contribution >= 4 is 22.7 Å². The minimum atomic E-state index is -0.210. The number of fused-ring (bicyclic) bond motifs is 1. The highest BCUT2D eigenvalue weighted by Gasteiger charge is 2.13. The van der Waals surface area contributed by atoms with Crippen LogP contribution in [0.2, 0.25) is 0 Å². The van der Waals surface area contributed by atoms with Gasteiger partial charge in [-0.1, -0.05) is 53.7 Å². The van der Waals surface area contributed by atoms with E-state index in [9.17, 15) is 4.79 Å². The van der Waals surface area contributed by atoms with Gasteiger partial charge >= 0.3 is 0 Å². The summed E-state index contributed by atoms with van der Waals surface area (Å²) in [5.74, 6) is 1.59. The number of hydrogen-bond acceptors (Lipinski definition) is 6. The number of benzene rings is 2. The van der Waals surface area contributed by atoms with Gasteiger partial charge in [-0.25, -0.2) is 9.97 Å². The summed E-state index contributed by atoms with van der Waals surface area (Å²) in [5, 5.41) is 17.3. The van der Waals surface area contributed by atoms with E-state index in [0.717, 1.165) is 5.56 Å². The number of nitrogens with zero attached hydrogens (tertiary/aromatic N) is 5. The van der Waals surface area contributed by atoms with Gasteiger partial charge < -0.3 is 0 Å². The van der Waals surface area contributed by atoms with Crippen molar-refractivity contribution in [2.45, 2.75) is 24.4 Å². The Hall–Kier alpha value is -3.44. The minimum Gasteiger partial charge on any atom is -0.281 e. The molecule has 0 atom stereocenters. The van der Waals surface area contributed by atoms with Crippen LogP contribution >= 0.6 is 11.8 Å². The zero-order chi connectivity index (χ0) is 19.5. The molecule has 7 nitrogen and oxygen atoms in total. The highest BCUT2D eigenvalue weighted by atomic mass is 32.2. The van der Waals surface area contributed by atoms with Crippen molar-refractivity contribution in [2.75, 3.05) is 0 Å². The molecule has 2 heterocycles. The van der Waals surface area contributed by atoms with Gasteiger partial charge in [0.05, 0.1) is 22.7 Å². The Morgan fingerprint density at radius 3 is 2.71 bits per heavy atom. The lowest BCUT2D eigenvalue weighted by Gasteiger charge is -2.09. The third-order valence-electron chi connectivity index (χ3n) is 4.29. The van der Waals surface area contributed by atoms with Crippen LogP contribution in [0.25, 0.3) is 22.3 Å². The van der Waals surface area contributed by atoms with Crippen LogP contribution in [0.15, 0.2) is 58.5 Å². The lowest BCUT2D eigenvalue weighted by Crippen LogP contribution is -2.24. The Bertz CT molecular complexity index is 1240. The maximum Gasteiger partial charge on any atom is 0.262 e. The minimum absolute atomic E-state index is 0.0465. The number of hydrogen-bond donors (Lipinski definition) is 1. The number of aromatic amines is 1. The topological polar surface area (TPSA) is 100 Å². The van der Waals surface area contributed by atoms with Crippen LogP contribution < -0.4 is 5.56 Å². The van der Waals surface area contributed by atoms with Crippen molar-refractivity contribution in [3.05, 3.63) is 70.3 Å². The molecule has 0 aliphatic rings. The zero-order valence-corrected chi connectivity index (χ0v) is 15.9. The zero-order valence-electron chi connectivity index (χ0n) is 15.1.